The summed E-state index contributed by atoms with van der Waals surface area (Å²) in [4.78, 5) is 14.5. The van der Waals surface area contributed by atoms with Crippen molar-refractivity contribution in [2.75, 3.05) is 13.1 Å². The summed E-state index contributed by atoms with van der Waals surface area (Å²) < 4.78 is 0. The minimum absolute atomic E-state index is 0.0577. The molecule has 0 bridgehead atoms. The maximum absolute atomic E-state index is 12.4. The number of likely N-dealkylation sites (tertiary alicyclic amines) is 1. The summed E-state index contributed by atoms with van der Waals surface area (Å²) >= 11 is 0. The van der Waals surface area contributed by atoms with Gasteiger partial charge in [0.2, 0.25) is 5.91 Å². The first kappa shape index (κ1) is 16.5. The lowest BCUT2D eigenvalue weighted by molar-refractivity contribution is -0.151. The molecule has 1 saturated carbocycles. The Hall–Kier alpha value is -1.35. The van der Waals surface area contributed by atoms with Crippen molar-refractivity contribution in [3.63, 3.8) is 0 Å². The molecule has 1 saturated heterocycles. The zero-order chi connectivity index (χ0) is 16.4. The largest absolute Gasteiger partial charge is 0.390 e. The molecule has 0 atom stereocenters. The van der Waals surface area contributed by atoms with Crippen molar-refractivity contribution >= 4 is 5.91 Å². The number of carbonyl (C=O) groups excluding carboxylic acids is 1. The molecule has 2 aliphatic rings. The first-order valence-corrected chi connectivity index (χ1v) is 9.06. The molecule has 126 valence electrons. The summed E-state index contributed by atoms with van der Waals surface area (Å²) in [6.45, 7) is 5.81. The molecule has 3 heteroatoms. The third kappa shape index (κ3) is 3.77. The highest BCUT2D eigenvalue weighted by Gasteiger charge is 2.44. The van der Waals surface area contributed by atoms with Crippen LogP contribution in [0.1, 0.15) is 50.7 Å². The fourth-order valence-corrected chi connectivity index (χ4v) is 4.20. The topological polar surface area (TPSA) is 40.5 Å². The molecule has 0 unspecified atom stereocenters. The van der Waals surface area contributed by atoms with Crippen molar-refractivity contribution in [3.05, 3.63) is 35.4 Å². The number of aryl methyl sites for hydroxylation is 1. The molecule has 1 amide bonds. The van der Waals surface area contributed by atoms with Gasteiger partial charge in [0.25, 0.3) is 0 Å². The van der Waals surface area contributed by atoms with Gasteiger partial charge in [0.05, 0.1) is 5.60 Å². The Morgan fingerprint density at radius 2 is 1.83 bits per heavy atom. The lowest BCUT2D eigenvalue weighted by Gasteiger charge is -2.43. The van der Waals surface area contributed by atoms with Gasteiger partial charge in [-0.25, -0.2) is 0 Å². The second kappa shape index (κ2) is 6.64. The van der Waals surface area contributed by atoms with Crippen LogP contribution in [0.25, 0.3) is 0 Å². The zero-order valence-electron chi connectivity index (χ0n) is 14.4. The monoisotopic (exact) mass is 315 g/mol. The maximum Gasteiger partial charge on any atom is 0.225 e. The Bertz CT molecular complexity index is 551. The summed E-state index contributed by atoms with van der Waals surface area (Å²) in [6.07, 6.45) is 5.71. The highest BCUT2D eigenvalue weighted by Crippen LogP contribution is 2.39. The van der Waals surface area contributed by atoms with Gasteiger partial charge >= 0.3 is 0 Å². The van der Waals surface area contributed by atoms with Crippen LogP contribution >= 0.6 is 0 Å². The van der Waals surface area contributed by atoms with Crippen molar-refractivity contribution in [1.82, 2.24) is 4.90 Å². The molecular formula is C20H29NO2. The fourth-order valence-electron chi connectivity index (χ4n) is 4.20. The Balaban J connectivity index is 1.50. The predicted octanol–water partition coefficient (Wildman–Crippen LogP) is 3.19. The van der Waals surface area contributed by atoms with E-state index in [0.717, 1.165) is 38.8 Å². The average Bonchev–Trinajstić information content (AvgIpc) is 2.53. The van der Waals surface area contributed by atoms with Crippen molar-refractivity contribution in [3.8, 4) is 0 Å². The normalized spacial score (nSPS) is 28.5. The first-order chi connectivity index (χ1) is 11.0. The van der Waals surface area contributed by atoms with Gasteiger partial charge in [-0.05, 0) is 62.5 Å². The van der Waals surface area contributed by atoms with Crippen LogP contribution in [0.15, 0.2) is 24.3 Å². The van der Waals surface area contributed by atoms with Gasteiger partial charge in [-0.3, -0.25) is 4.79 Å². The van der Waals surface area contributed by atoms with E-state index < -0.39 is 5.60 Å². The summed E-state index contributed by atoms with van der Waals surface area (Å²) in [7, 11) is 0. The van der Waals surface area contributed by atoms with Crippen molar-refractivity contribution in [2.45, 2.75) is 58.0 Å². The number of amides is 1. The number of rotatable bonds is 4. The molecule has 1 aromatic rings. The summed E-state index contributed by atoms with van der Waals surface area (Å²) in [5.41, 5.74) is 2.33. The minimum Gasteiger partial charge on any atom is -0.390 e. The number of nitrogens with zero attached hydrogens (tertiary/aromatic N) is 1. The van der Waals surface area contributed by atoms with E-state index in [9.17, 15) is 9.90 Å². The Morgan fingerprint density at radius 3 is 2.39 bits per heavy atom. The van der Waals surface area contributed by atoms with Gasteiger partial charge in [0.15, 0.2) is 0 Å². The third-order valence-corrected chi connectivity index (χ3v) is 5.66. The zero-order valence-corrected chi connectivity index (χ0v) is 14.4. The Labute approximate surface area is 139 Å². The second-order valence-electron chi connectivity index (χ2n) is 7.70. The quantitative estimate of drug-likeness (QED) is 0.927. The number of hydrogen-bond donors (Lipinski definition) is 1. The van der Waals surface area contributed by atoms with Crippen LogP contribution in [0.3, 0.4) is 0 Å². The number of carbonyl (C=O) groups is 1. The summed E-state index contributed by atoms with van der Waals surface area (Å²) in [5, 5.41) is 9.82. The molecule has 3 nitrogen and oxygen atoms in total. The van der Waals surface area contributed by atoms with Crippen LogP contribution in [0.5, 0.6) is 0 Å². The molecule has 23 heavy (non-hydrogen) atoms. The van der Waals surface area contributed by atoms with Gasteiger partial charge in [0, 0.05) is 19.0 Å². The number of aliphatic hydroxyl groups is 1. The molecule has 0 aromatic heterocycles. The SMILES string of the molecule is CCc1ccccc1CC1CCN(C(=O)C2CC(C)(O)C2)CC1. The molecule has 1 aliphatic carbocycles. The van der Waals surface area contributed by atoms with Crippen molar-refractivity contribution in [2.24, 2.45) is 11.8 Å². The standard InChI is InChI=1S/C20H29NO2/c1-3-16-6-4-5-7-17(16)12-15-8-10-21(11-9-15)19(22)18-13-20(2,23)14-18/h4-7,15,18,23H,3,8-14H2,1-2H3. The van der Waals surface area contributed by atoms with Gasteiger partial charge < -0.3 is 10.0 Å². The predicted molar refractivity (Wildman–Crippen MR) is 92.2 cm³/mol. The smallest absolute Gasteiger partial charge is 0.225 e. The Morgan fingerprint density at radius 1 is 1.22 bits per heavy atom. The van der Waals surface area contributed by atoms with E-state index in [1.165, 1.54) is 11.1 Å². The van der Waals surface area contributed by atoms with Crippen LogP contribution in [0.2, 0.25) is 0 Å². The van der Waals surface area contributed by atoms with Crippen molar-refractivity contribution in [1.29, 1.82) is 0 Å². The van der Waals surface area contributed by atoms with Crippen LogP contribution in [-0.4, -0.2) is 34.6 Å². The van der Waals surface area contributed by atoms with Crippen LogP contribution < -0.4 is 0 Å². The molecule has 1 aliphatic heterocycles. The van der Waals surface area contributed by atoms with E-state index in [1.54, 1.807) is 0 Å². The van der Waals surface area contributed by atoms with E-state index in [2.05, 4.69) is 31.2 Å². The molecule has 1 heterocycles. The van der Waals surface area contributed by atoms with Crippen molar-refractivity contribution < 1.29 is 9.90 Å². The molecule has 0 radical (unpaired) electrons. The number of piperidine rings is 1. The van der Waals surface area contributed by atoms with E-state index in [1.807, 2.05) is 11.8 Å². The molecular weight excluding hydrogens is 286 g/mol. The Kier molecular flexibility index (Phi) is 4.77. The fraction of sp³-hybridized carbons (Fsp3) is 0.650. The van der Waals surface area contributed by atoms with E-state index in [4.69, 9.17) is 0 Å². The molecule has 2 fully saturated rings. The van der Waals surface area contributed by atoms with E-state index in [0.29, 0.717) is 18.8 Å². The number of benzene rings is 1. The first-order valence-electron chi connectivity index (χ1n) is 9.06. The van der Waals surface area contributed by atoms with E-state index >= 15 is 0 Å². The van der Waals surface area contributed by atoms with Crippen LogP contribution in [-0.2, 0) is 17.6 Å². The van der Waals surface area contributed by atoms with Gasteiger partial charge in [-0.1, -0.05) is 31.2 Å². The third-order valence-electron chi connectivity index (χ3n) is 5.66. The second-order valence-corrected chi connectivity index (χ2v) is 7.70. The summed E-state index contributed by atoms with van der Waals surface area (Å²) in [6, 6.07) is 8.75. The summed E-state index contributed by atoms with van der Waals surface area (Å²) in [5.74, 6) is 1.02. The maximum atomic E-state index is 12.4. The van der Waals surface area contributed by atoms with Crippen LogP contribution in [0, 0.1) is 11.8 Å². The van der Waals surface area contributed by atoms with Gasteiger partial charge in [-0.15, -0.1) is 0 Å². The highest BCUT2D eigenvalue weighted by molar-refractivity contribution is 5.80. The van der Waals surface area contributed by atoms with Gasteiger partial charge in [0.1, 0.15) is 0 Å². The average molecular weight is 315 g/mol. The minimum atomic E-state index is -0.609. The number of hydrogen-bond acceptors (Lipinski definition) is 2. The molecule has 1 aromatic carbocycles. The molecule has 3 rings (SSSR count). The molecule has 1 N–H and O–H groups in total. The molecule has 0 spiro atoms. The lowest BCUT2D eigenvalue weighted by atomic mass is 9.71. The van der Waals surface area contributed by atoms with Gasteiger partial charge in [-0.2, -0.15) is 0 Å². The van der Waals surface area contributed by atoms with Crippen LogP contribution in [0.4, 0.5) is 0 Å². The lowest BCUT2D eigenvalue weighted by Crippen LogP contribution is -2.51. The highest BCUT2D eigenvalue weighted by atomic mass is 16.3. The van der Waals surface area contributed by atoms with E-state index in [-0.39, 0.29) is 11.8 Å².